The van der Waals surface area contributed by atoms with Crippen LogP contribution in [0.15, 0.2) is 118 Å². The highest BCUT2D eigenvalue weighted by Crippen LogP contribution is 2.30. The number of rotatable bonds is 14. The zero-order valence-corrected chi connectivity index (χ0v) is 54.9. The zero-order valence-electron chi connectivity index (χ0n) is 51.9. The van der Waals surface area contributed by atoms with E-state index >= 15 is 0 Å². The molecule has 0 aliphatic heterocycles. The summed E-state index contributed by atoms with van der Waals surface area (Å²) in [5, 5.41) is 79.2. The topological polar surface area (TPSA) is 598 Å². The van der Waals surface area contributed by atoms with Gasteiger partial charge in [-0.1, -0.05) is 81.1 Å². The van der Waals surface area contributed by atoms with Crippen molar-refractivity contribution in [2.45, 2.75) is 53.9 Å². The summed E-state index contributed by atoms with van der Waals surface area (Å²) in [5.74, 6) is 0.972. The normalized spacial score (nSPS) is 10.5. The fourth-order valence-electron chi connectivity index (χ4n) is 8.63. The van der Waals surface area contributed by atoms with E-state index in [1.807, 2.05) is 0 Å². The molecule has 0 radical (unpaired) electrons. The largest absolute Gasteiger partial charge is 0.526 e. The van der Waals surface area contributed by atoms with Gasteiger partial charge in [-0.15, -0.1) is 10.2 Å². The summed E-state index contributed by atoms with van der Waals surface area (Å²) in [4.78, 5) is 72.4. The third kappa shape index (κ3) is 19.8. The van der Waals surface area contributed by atoms with E-state index in [2.05, 4.69) is 70.2 Å². The smallest absolute Gasteiger partial charge is 0.473 e. The number of benzene rings is 4. The maximum absolute atomic E-state index is 11.0. The number of nitrogens with one attached hydrogen (secondary N) is 1. The Morgan fingerprint density at radius 2 is 0.889 bits per heavy atom. The van der Waals surface area contributed by atoms with Gasteiger partial charge in [0.1, 0.15) is 22.7 Å². The Bertz CT molecular complexity index is 4880. The molecule has 0 amide bonds. The molecule has 8 aromatic heterocycles. The third-order valence-electron chi connectivity index (χ3n) is 13.2. The molecule has 0 bridgehead atoms. The fraction of sp³-hybridized carbons (Fsp3) is 0.143. The monoisotopic (exact) mass is 1430 g/mol. The molecule has 8 heterocycles. The second-order valence-corrected chi connectivity index (χ2v) is 21.7. The number of fused-ring (bicyclic) bond motifs is 2. The standard InChI is InChI=1S/C16H13N7O3.C12H10ClN7O2.C12H13ClN6O2.C8H10N2O2.C4H5BO3.C4H4Cl2N4/c1-9-7-10(4-5-11(9)23(24)25)8-22-15-14(20-21-22)13(18-16(17)19-15)12-3-2-6-26-12;1-6-4-7(2-3-8(6)20(21)22)5-19-11-9(17-18-19)10(13)15-12(14)16-11;1-6-4-7(2-3-8(6)19(20)21)5-16-11-9(14)10(13)17-12(15)18-11;1-6-4-7(5-9)2-3-8(6)10(11)12;6-5(7)4-2-1-3-8-4;5-2-1(7)3(6)10-4(8)9-2/h2-7H,8H2,1H3,(H2,17,18,19);2-4H,5H2,1H3,(H2,14,15,16);2-4H,5,14H2,1H3,(H3,15,16,17,18);2-4H,5,9H2,1H3;1-3,6-7H;7H2,(H2,8,9,10). The van der Waals surface area contributed by atoms with Gasteiger partial charge in [0.25, 0.3) is 22.7 Å². The van der Waals surface area contributed by atoms with E-state index < -0.39 is 26.8 Å². The van der Waals surface area contributed by atoms with Crippen molar-refractivity contribution in [3.63, 3.8) is 0 Å². The minimum Gasteiger partial charge on any atom is -0.473 e. The van der Waals surface area contributed by atoms with Gasteiger partial charge in [0.15, 0.2) is 54.5 Å². The van der Waals surface area contributed by atoms with E-state index in [0.29, 0.717) is 88.0 Å². The molecular formula is C56H55BCl4N26O12. The molecule has 0 atom stereocenters. The molecule has 0 saturated carbocycles. The summed E-state index contributed by atoms with van der Waals surface area (Å²) < 4.78 is 13.1. The number of nitrogens with zero attached hydrogens (tertiary/aromatic N) is 18. The van der Waals surface area contributed by atoms with Crippen LogP contribution in [-0.4, -0.2) is 107 Å². The summed E-state index contributed by atoms with van der Waals surface area (Å²) in [6.45, 7) is 8.21. The lowest BCUT2D eigenvalue weighted by molar-refractivity contribution is -0.385. The van der Waals surface area contributed by atoms with Gasteiger partial charge in [-0.2, -0.15) is 34.9 Å². The molecule has 0 saturated heterocycles. The average molecular weight is 1440 g/mol. The van der Waals surface area contributed by atoms with Gasteiger partial charge in [0.05, 0.1) is 45.3 Å². The van der Waals surface area contributed by atoms with E-state index in [0.717, 1.165) is 22.3 Å². The van der Waals surface area contributed by atoms with Crippen LogP contribution in [0.4, 0.5) is 63.7 Å². The number of aromatic nitrogens is 14. The van der Waals surface area contributed by atoms with Crippen LogP contribution in [0.5, 0.6) is 0 Å². The molecular weight excluding hydrogens is 1380 g/mol. The first-order valence-electron chi connectivity index (χ1n) is 28.0. The summed E-state index contributed by atoms with van der Waals surface area (Å²) in [7, 11) is -1.48. The number of nitro benzene ring substituents is 4. The van der Waals surface area contributed by atoms with Crippen molar-refractivity contribution in [2.24, 2.45) is 5.73 Å². The van der Waals surface area contributed by atoms with Gasteiger partial charge < -0.3 is 64.3 Å². The highest BCUT2D eigenvalue weighted by Gasteiger charge is 2.21. The highest BCUT2D eigenvalue weighted by molar-refractivity contribution is 6.57. The van der Waals surface area contributed by atoms with Gasteiger partial charge in [-0.3, -0.25) is 40.5 Å². The molecule has 38 nitrogen and oxygen atoms in total. The van der Waals surface area contributed by atoms with Crippen molar-refractivity contribution in [3.05, 3.63) is 215 Å². The quantitative estimate of drug-likeness (QED) is 0.0219. The molecule has 4 aromatic carbocycles. The minimum atomic E-state index is -1.48. The van der Waals surface area contributed by atoms with Gasteiger partial charge in [0.2, 0.25) is 23.8 Å². The molecule has 17 N–H and O–H groups in total. The van der Waals surface area contributed by atoms with Gasteiger partial charge in [0, 0.05) is 59.6 Å². The van der Waals surface area contributed by atoms with Crippen molar-refractivity contribution in [1.82, 2.24) is 69.9 Å². The van der Waals surface area contributed by atoms with E-state index in [1.54, 1.807) is 99.1 Å². The van der Waals surface area contributed by atoms with E-state index in [4.69, 9.17) is 101 Å². The van der Waals surface area contributed by atoms with Gasteiger partial charge >= 0.3 is 7.12 Å². The molecule has 0 aliphatic rings. The Morgan fingerprint density at radius 1 is 0.495 bits per heavy atom. The Hall–Kier alpha value is -12.1. The number of nitrogen functional groups attached to an aromatic ring is 6. The first kappa shape index (κ1) is 74.3. The maximum atomic E-state index is 11.0. The summed E-state index contributed by atoms with van der Waals surface area (Å²) >= 11 is 22.7. The second-order valence-electron chi connectivity index (χ2n) is 20.3. The van der Waals surface area contributed by atoms with Gasteiger partial charge in [-0.05, 0) is 98.5 Å². The van der Waals surface area contributed by atoms with Gasteiger partial charge in [-0.25, -0.2) is 14.3 Å². The van der Waals surface area contributed by atoms with Crippen LogP contribution in [0.1, 0.15) is 44.5 Å². The molecule has 0 unspecified atom stereocenters. The molecule has 99 heavy (non-hydrogen) atoms. The van der Waals surface area contributed by atoms with Crippen LogP contribution in [0, 0.1) is 68.2 Å². The second kappa shape index (κ2) is 33.5. The molecule has 0 spiro atoms. The van der Waals surface area contributed by atoms with Crippen LogP contribution in [0.3, 0.4) is 0 Å². The number of hydrogen-bond donors (Lipinski definition) is 10. The number of hydrogen-bond acceptors (Lipinski definition) is 32. The minimum absolute atomic E-state index is 0.0107. The van der Waals surface area contributed by atoms with Crippen molar-refractivity contribution >= 4 is 145 Å². The van der Waals surface area contributed by atoms with Crippen LogP contribution in [0.2, 0.25) is 20.6 Å². The number of furan rings is 2. The van der Waals surface area contributed by atoms with Crippen LogP contribution in [-0.2, 0) is 26.2 Å². The highest BCUT2D eigenvalue weighted by atomic mass is 35.5. The Kier molecular flexibility index (Phi) is 25.1. The molecule has 43 heteroatoms. The third-order valence-corrected chi connectivity index (χ3v) is 14.4. The summed E-state index contributed by atoms with van der Waals surface area (Å²) in [6, 6.07) is 26.0. The van der Waals surface area contributed by atoms with E-state index in [-0.39, 0.29) is 84.2 Å². The molecule has 0 fully saturated rings. The van der Waals surface area contributed by atoms with Crippen LogP contribution < -0.4 is 51.1 Å². The fourth-order valence-corrected chi connectivity index (χ4v) is 9.41. The average Bonchev–Trinajstić information content (AvgIpc) is 1.65. The predicted octanol–water partition coefficient (Wildman–Crippen LogP) is 7.44. The van der Waals surface area contributed by atoms with Crippen molar-refractivity contribution in [2.75, 3.05) is 39.7 Å². The molecule has 0 aliphatic carbocycles. The van der Waals surface area contributed by atoms with Crippen molar-refractivity contribution < 1.29 is 38.6 Å². The first-order valence-corrected chi connectivity index (χ1v) is 29.5. The Morgan fingerprint density at radius 3 is 1.32 bits per heavy atom. The Balaban J connectivity index is 0.000000174. The van der Waals surface area contributed by atoms with E-state index in [9.17, 15) is 40.5 Å². The Labute approximate surface area is 576 Å². The molecule has 12 aromatic rings. The predicted molar refractivity (Wildman–Crippen MR) is 368 cm³/mol. The lowest BCUT2D eigenvalue weighted by Gasteiger charge is -2.10. The number of anilines is 7. The number of nitrogens with two attached hydrogens (primary N) is 7. The number of nitro groups is 4. The maximum Gasteiger partial charge on any atom is 0.526 e. The summed E-state index contributed by atoms with van der Waals surface area (Å²) in [5.41, 5.74) is 47.3. The molecule has 512 valence electrons. The van der Waals surface area contributed by atoms with Crippen molar-refractivity contribution in [1.29, 1.82) is 0 Å². The molecule has 12 rings (SSSR count). The lowest BCUT2D eigenvalue weighted by atomic mass is 9.88. The number of halogens is 4. The number of aryl methyl sites for hydroxylation is 4. The zero-order chi connectivity index (χ0) is 72.5. The van der Waals surface area contributed by atoms with E-state index in [1.165, 1.54) is 47.5 Å². The lowest BCUT2D eigenvalue weighted by Crippen LogP contribution is -2.27. The van der Waals surface area contributed by atoms with Crippen LogP contribution >= 0.6 is 46.4 Å². The summed E-state index contributed by atoms with van der Waals surface area (Å²) in [6.07, 6.45) is 2.91. The van der Waals surface area contributed by atoms with Crippen LogP contribution in [0.25, 0.3) is 33.8 Å². The first-order chi connectivity index (χ1) is 46.9. The SMILES string of the molecule is Cc1cc(CN)ccc1[N+](=O)[O-].Cc1cc(CNc2nc(N)nc(Cl)c2N)ccc1[N+](=O)[O-].Cc1cc(Cn2nnc3c(-c4ccco4)nc(N)nc32)ccc1[N+](=O)[O-].Cc1cc(Cn2nnc3c(Cl)nc(N)nc32)ccc1[N+](=O)[O-].Nc1nc(Cl)c(N)c(Cl)n1.OB(O)c1ccco1. The van der Waals surface area contributed by atoms with Crippen molar-refractivity contribution in [3.8, 4) is 11.5 Å².